The third kappa shape index (κ3) is 4.01. The van der Waals surface area contributed by atoms with E-state index in [1.807, 2.05) is 60.5 Å². The Morgan fingerprint density at radius 2 is 1.67 bits per heavy atom. The molecule has 156 valence electrons. The van der Waals surface area contributed by atoms with Crippen LogP contribution in [0.4, 0.5) is 4.39 Å². The Labute approximate surface area is 185 Å². The number of fused-ring (bicyclic) bond motifs is 1. The van der Waals surface area contributed by atoms with Crippen LogP contribution in [0.5, 0.6) is 0 Å². The quantitative estimate of drug-likeness (QED) is 0.506. The third-order valence-corrected chi connectivity index (χ3v) is 7.08. The Balaban J connectivity index is 1.66. The molecule has 0 aromatic heterocycles. The summed E-state index contributed by atoms with van der Waals surface area (Å²) in [6.45, 7) is 2.52. The van der Waals surface area contributed by atoms with Gasteiger partial charge in [-0.3, -0.25) is 4.79 Å². The Kier molecular flexibility index (Phi) is 5.94. The maximum Gasteiger partial charge on any atom is 0.254 e. The third-order valence-electron chi connectivity index (χ3n) is 6.39. The normalized spacial score (nSPS) is 16.5. The van der Waals surface area contributed by atoms with Crippen molar-refractivity contribution in [2.24, 2.45) is 0 Å². The van der Waals surface area contributed by atoms with E-state index in [4.69, 9.17) is 0 Å². The molecule has 1 aliphatic heterocycles. The molecular formula is C25H26BrFN2O. The molecule has 1 heterocycles. The van der Waals surface area contributed by atoms with Crippen molar-refractivity contribution in [2.45, 2.75) is 18.3 Å². The van der Waals surface area contributed by atoms with Crippen LogP contribution in [0.2, 0.25) is 0 Å². The Hall–Kier alpha value is -2.24. The molecule has 1 fully saturated rings. The molecule has 0 N–H and O–H groups in total. The molecule has 3 nitrogen and oxygen atoms in total. The standard InChI is InChI=1S/C25H26BrFN2O/c1-28-15-13-25(14-16-28,18-7-9-19(27)10-8-18)17-29(2)24(30)22-11-12-23(26)21-6-4-3-5-20(21)22/h3-12H,13-17H2,1-2H3. The molecule has 1 saturated heterocycles. The number of carbonyl (C=O) groups is 1. The molecule has 1 aliphatic rings. The van der Waals surface area contributed by atoms with E-state index in [1.54, 1.807) is 0 Å². The van der Waals surface area contributed by atoms with Crippen molar-refractivity contribution in [3.05, 3.63) is 82.1 Å². The summed E-state index contributed by atoms with van der Waals surface area (Å²) in [5, 5.41) is 1.98. The van der Waals surface area contributed by atoms with Gasteiger partial charge in [0.1, 0.15) is 5.82 Å². The van der Waals surface area contributed by atoms with Crippen molar-refractivity contribution in [1.29, 1.82) is 0 Å². The van der Waals surface area contributed by atoms with Crippen LogP contribution in [0.3, 0.4) is 0 Å². The molecule has 3 aromatic rings. The van der Waals surface area contributed by atoms with Crippen LogP contribution >= 0.6 is 15.9 Å². The minimum atomic E-state index is -0.229. The molecule has 0 spiro atoms. The first-order chi connectivity index (χ1) is 14.4. The summed E-state index contributed by atoms with van der Waals surface area (Å²) in [6, 6.07) is 18.6. The molecule has 0 unspecified atom stereocenters. The lowest BCUT2D eigenvalue weighted by Gasteiger charge is -2.43. The fourth-order valence-electron chi connectivity index (χ4n) is 4.57. The number of piperidine rings is 1. The van der Waals surface area contributed by atoms with Crippen LogP contribution in [-0.4, -0.2) is 49.4 Å². The molecule has 0 aliphatic carbocycles. The molecule has 0 saturated carbocycles. The van der Waals surface area contributed by atoms with E-state index in [0.717, 1.165) is 46.7 Å². The van der Waals surface area contributed by atoms with Crippen molar-refractivity contribution in [3.63, 3.8) is 0 Å². The highest BCUT2D eigenvalue weighted by atomic mass is 79.9. The van der Waals surface area contributed by atoms with Gasteiger partial charge in [0.25, 0.3) is 5.91 Å². The second-order valence-electron chi connectivity index (χ2n) is 8.39. The second kappa shape index (κ2) is 8.48. The van der Waals surface area contributed by atoms with Crippen LogP contribution in [0, 0.1) is 5.82 Å². The van der Waals surface area contributed by atoms with Crippen molar-refractivity contribution in [1.82, 2.24) is 9.80 Å². The van der Waals surface area contributed by atoms with Crippen molar-refractivity contribution in [2.75, 3.05) is 33.7 Å². The number of amides is 1. The lowest BCUT2D eigenvalue weighted by Crippen LogP contribution is -2.48. The van der Waals surface area contributed by atoms with Gasteiger partial charge in [0.05, 0.1) is 0 Å². The SMILES string of the molecule is CN1CCC(CN(C)C(=O)c2ccc(Br)c3ccccc23)(c2ccc(F)cc2)CC1. The van der Waals surface area contributed by atoms with E-state index in [1.165, 1.54) is 12.1 Å². The van der Waals surface area contributed by atoms with E-state index in [0.29, 0.717) is 12.1 Å². The molecular weight excluding hydrogens is 443 g/mol. The number of carbonyl (C=O) groups excluding carboxylic acids is 1. The maximum absolute atomic E-state index is 13.6. The van der Waals surface area contributed by atoms with Gasteiger partial charge >= 0.3 is 0 Å². The zero-order valence-corrected chi connectivity index (χ0v) is 19.0. The second-order valence-corrected chi connectivity index (χ2v) is 9.25. The lowest BCUT2D eigenvalue weighted by molar-refractivity contribution is 0.0714. The molecule has 0 radical (unpaired) electrons. The highest BCUT2D eigenvalue weighted by Gasteiger charge is 2.37. The van der Waals surface area contributed by atoms with Gasteiger partial charge in [0.2, 0.25) is 0 Å². The number of likely N-dealkylation sites (N-methyl/N-ethyl adjacent to an activating group) is 1. The lowest BCUT2D eigenvalue weighted by atomic mass is 9.72. The van der Waals surface area contributed by atoms with Gasteiger partial charge in [-0.2, -0.15) is 0 Å². The minimum absolute atomic E-state index is 0.0131. The Bertz CT molecular complexity index is 1060. The molecule has 4 rings (SSSR count). The Morgan fingerprint density at radius 1 is 1.03 bits per heavy atom. The summed E-state index contributed by atoms with van der Waals surface area (Å²) in [5.74, 6) is -0.216. The van der Waals surface area contributed by atoms with E-state index in [-0.39, 0.29) is 17.1 Å². The first-order valence-corrected chi connectivity index (χ1v) is 11.1. The largest absolute Gasteiger partial charge is 0.341 e. The molecule has 5 heteroatoms. The summed E-state index contributed by atoms with van der Waals surface area (Å²) in [6.07, 6.45) is 1.88. The fourth-order valence-corrected chi connectivity index (χ4v) is 5.05. The van der Waals surface area contributed by atoms with Crippen molar-refractivity contribution < 1.29 is 9.18 Å². The zero-order valence-electron chi connectivity index (χ0n) is 17.4. The Morgan fingerprint density at radius 3 is 2.33 bits per heavy atom. The smallest absolute Gasteiger partial charge is 0.254 e. The average Bonchev–Trinajstić information content (AvgIpc) is 2.76. The van der Waals surface area contributed by atoms with Crippen molar-refractivity contribution >= 4 is 32.6 Å². The van der Waals surface area contributed by atoms with Crippen LogP contribution < -0.4 is 0 Å². The van der Waals surface area contributed by atoms with E-state index < -0.39 is 0 Å². The topological polar surface area (TPSA) is 23.6 Å². The molecule has 3 aromatic carbocycles. The fraction of sp³-hybridized carbons (Fsp3) is 0.320. The molecule has 1 amide bonds. The van der Waals surface area contributed by atoms with Crippen molar-refractivity contribution in [3.8, 4) is 0 Å². The predicted octanol–water partition coefficient (Wildman–Crippen LogP) is 5.48. The van der Waals surface area contributed by atoms with E-state index >= 15 is 0 Å². The minimum Gasteiger partial charge on any atom is -0.341 e. The maximum atomic E-state index is 13.6. The van der Waals surface area contributed by atoms with Gasteiger partial charge in [-0.25, -0.2) is 4.39 Å². The molecule has 0 atom stereocenters. The van der Waals surface area contributed by atoms with E-state index in [9.17, 15) is 9.18 Å². The number of hydrogen-bond donors (Lipinski definition) is 0. The number of halogens is 2. The highest BCUT2D eigenvalue weighted by molar-refractivity contribution is 9.10. The number of nitrogens with zero attached hydrogens (tertiary/aromatic N) is 2. The predicted molar refractivity (Wildman–Crippen MR) is 123 cm³/mol. The number of benzene rings is 3. The van der Waals surface area contributed by atoms with Crippen LogP contribution in [0.1, 0.15) is 28.8 Å². The van der Waals surface area contributed by atoms with Crippen LogP contribution in [0.25, 0.3) is 10.8 Å². The first-order valence-electron chi connectivity index (χ1n) is 10.3. The highest BCUT2D eigenvalue weighted by Crippen LogP contribution is 2.37. The zero-order chi connectivity index (χ0) is 21.3. The summed E-state index contributed by atoms with van der Waals surface area (Å²) < 4.78 is 14.5. The van der Waals surface area contributed by atoms with Gasteiger partial charge in [0, 0.05) is 29.0 Å². The molecule has 30 heavy (non-hydrogen) atoms. The summed E-state index contributed by atoms with van der Waals surface area (Å²) in [7, 11) is 4.00. The van der Waals surface area contributed by atoms with Gasteiger partial charge in [0.15, 0.2) is 0 Å². The first kappa shape index (κ1) is 21.0. The van der Waals surface area contributed by atoms with E-state index in [2.05, 4.69) is 27.9 Å². The van der Waals surface area contributed by atoms with Gasteiger partial charge in [-0.05, 0) is 73.6 Å². The van der Waals surface area contributed by atoms with Gasteiger partial charge in [-0.15, -0.1) is 0 Å². The number of hydrogen-bond acceptors (Lipinski definition) is 2. The molecule has 0 bridgehead atoms. The summed E-state index contributed by atoms with van der Waals surface area (Å²) in [5.41, 5.74) is 1.64. The van der Waals surface area contributed by atoms with Gasteiger partial charge < -0.3 is 9.80 Å². The average molecular weight is 469 g/mol. The number of rotatable bonds is 4. The van der Waals surface area contributed by atoms with Gasteiger partial charge in [-0.1, -0.05) is 52.3 Å². The monoisotopic (exact) mass is 468 g/mol. The van der Waals surface area contributed by atoms with Crippen LogP contribution in [0.15, 0.2) is 65.1 Å². The van der Waals surface area contributed by atoms with Crippen LogP contribution in [-0.2, 0) is 5.41 Å². The summed E-state index contributed by atoms with van der Waals surface area (Å²) >= 11 is 3.59. The number of likely N-dealkylation sites (tertiary alicyclic amines) is 1. The summed E-state index contributed by atoms with van der Waals surface area (Å²) in [4.78, 5) is 17.6.